The van der Waals surface area contributed by atoms with Gasteiger partial charge in [0.15, 0.2) is 5.76 Å². The maximum Gasteiger partial charge on any atom is 0.287 e. The van der Waals surface area contributed by atoms with Crippen molar-refractivity contribution in [2.45, 2.75) is 44.6 Å². The van der Waals surface area contributed by atoms with Crippen molar-refractivity contribution < 1.29 is 17.6 Å². The van der Waals surface area contributed by atoms with Crippen LogP contribution in [-0.4, -0.2) is 26.4 Å². The third-order valence-corrected chi connectivity index (χ3v) is 4.15. The Kier molecular flexibility index (Phi) is 7.08. The molecule has 0 aliphatic rings. The van der Waals surface area contributed by atoms with Crippen LogP contribution in [0.5, 0.6) is 0 Å². The Labute approximate surface area is 137 Å². The van der Waals surface area contributed by atoms with Gasteiger partial charge in [0, 0.05) is 12.6 Å². The standard InChI is InChI=1S/C13H23N3O4S.ClH/c1-8(2)6-13(4,7-14)16-12(17)10-5-11(9(3)20-10)21(15,18)19;/h5,8H,6-7,14H2,1-4H3,(H,16,17)(H2,15,18,19);1H. The summed E-state index contributed by atoms with van der Waals surface area (Å²) in [6, 6.07) is 1.13. The number of primary sulfonamides is 1. The van der Waals surface area contributed by atoms with Gasteiger partial charge >= 0.3 is 0 Å². The number of hydrogen-bond donors (Lipinski definition) is 3. The minimum atomic E-state index is -3.91. The molecular weight excluding hydrogens is 330 g/mol. The van der Waals surface area contributed by atoms with Gasteiger partial charge in [-0.3, -0.25) is 4.79 Å². The van der Waals surface area contributed by atoms with Gasteiger partial charge in [-0.25, -0.2) is 13.6 Å². The zero-order valence-electron chi connectivity index (χ0n) is 13.2. The Morgan fingerprint density at radius 3 is 2.36 bits per heavy atom. The SMILES string of the molecule is Cc1oc(C(=O)NC(C)(CN)CC(C)C)cc1S(N)(=O)=O.Cl. The highest BCUT2D eigenvalue weighted by molar-refractivity contribution is 7.89. The lowest BCUT2D eigenvalue weighted by molar-refractivity contribution is 0.0868. The van der Waals surface area contributed by atoms with Crippen molar-refractivity contribution in [3.05, 3.63) is 17.6 Å². The van der Waals surface area contributed by atoms with Gasteiger partial charge in [-0.1, -0.05) is 13.8 Å². The number of sulfonamides is 1. The van der Waals surface area contributed by atoms with Crippen molar-refractivity contribution in [3.8, 4) is 0 Å². The van der Waals surface area contributed by atoms with Crippen molar-refractivity contribution in [1.82, 2.24) is 5.32 Å². The second-order valence-electron chi connectivity index (χ2n) is 5.89. The molecule has 0 saturated heterocycles. The molecule has 1 unspecified atom stereocenters. The summed E-state index contributed by atoms with van der Waals surface area (Å²) in [6.07, 6.45) is 0.691. The molecule has 0 spiro atoms. The van der Waals surface area contributed by atoms with Crippen LogP contribution in [-0.2, 0) is 10.0 Å². The van der Waals surface area contributed by atoms with Crippen LogP contribution in [0.15, 0.2) is 15.4 Å². The largest absolute Gasteiger partial charge is 0.455 e. The van der Waals surface area contributed by atoms with E-state index in [2.05, 4.69) is 5.32 Å². The van der Waals surface area contributed by atoms with Gasteiger partial charge in [0.2, 0.25) is 10.0 Å². The van der Waals surface area contributed by atoms with Crippen LogP contribution in [0.1, 0.15) is 43.5 Å². The lowest BCUT2D eigenvalue weighted by Gasteiger charge is -2.30. The van der Waals surface area contributed by atoms with E-state index in [9.17, 15) is 13.2 Å². The molecule has 1 aromatic heterocycles. The molecule has 0 fully saturated rings. The van der Waals surface area contributed by atoms with E-state index in [4.69, 9.17) is 15.3 Å². The maximum absolute atomic E-state index is 12.2. The van der Waals surface area contributed by atoms with Gasteiger partial charge in [0.1, 0.15) is 10.7 Å². The molecule has 1 rings (SSSR count). The second-order valence-corrected chi connectivity index (χ2v) is 7.42. The molecule has 128 valence electrons. The monoisotopic (exact) mass is 353 g/mol. The van der Waals surface area contributed by atoms with Crippen LogP contribution >= 0.6 is 12.4 Å². The third kappa shape index (κ3) is 5.28. The van der Waals surface area contributed by atoms with Gasteiger partial charge in [0.25, 0.3) is 5.91 Å². The predicted octanol–water partition coefficient (Wildman–Crippen LogP) is 1.15. The zero-order chi connectivity index (χ0) is 16.4. The van der Waals surface area contributed by atoms with Gasteiger partial charge in [-0.15, -0.1) is 12.4 Å². The molecule has 0 saturated carbocycles. The van der Waals surface area contributed by atoms with Crippen LogP contribution in [0.25, 0.3) is 0 Å². The molecule has 1 heterocycles. The van der Waals surface area contributed by atoms with Gasteiger partial charge in [-0.2, -0.15) is 0 Å². The van der Waals surface area contributed by atoms with Gasteiger partial charge < -0.3 is 15.5 Å². The van der Waals surface area contributed by atoms with Crippen LogP contribution in [0.4, 0.5) is 0 Å². The summed E-state index contributed by atoms with van der Waals surface area (Å²) in [5.41, 5.74) is 5.14. The highest BCUT2D eigenvalue weighted by Crippen LogP contribution is 2.21. The van der Waals surface area contributed by atoms with Gasteiger partial charge in [0.05, 0.1) is 5.54 Å². The molecule has 1 aromatic rings. The predicted molar refractivity (Wildman–Crippen MR) is 86.4 cm³/mol. The summed E-state index contributed by atoms with van der Waals surface area (Å²) in [5, 5.41) is 7.84. The Hall–Kier alpha value is -1.09. The van der Waals surface area contributed by atoms with E-state index in [0.29, 0.717) is 12.3 Å². The van der Waals surface area contributed by atoms with Gasteiger partial charge in [-0.05, 0) is 26.2 Å². The van der Waals surface area contributed by atoms with Crippen LogP contribution in [0.3, 0.4) is 0 Å². The summed E-state index contributed by atoms with van der Waals surface area (Å²) in [7, 11) is -3.91. The molecule has 9 heteroatoms. The van der Waals surface area contributed by atoms with E-state index >= 15 is 0 Å². The second kappa shape index (κ2) is 7.45. The van der Waals surface area contributed by atoms with Crippen molar-refractivity contribution in [1.29, 1.82) is 0 Å². The Balaban J connectivity index is 0.00000441. The molecule has 1 amide bonds. The number of nitrogens with one attached hydrogen (secondary N) is 1. The normalized spacial score (nSPS) is 14.3. The first-order chi connectivity index (χ1) is 9.48. The van der Waals surface area contributed by atoms with E-state index in [1.165, 1.54) is 6.92 Å². The number of nitrogens with two attached hydrogens (primary N) is 2. The number of furan rings is 1. The highest BCUT2D eigenvalue weighted by atomic mass is 35.5. The minimum absolute atomic E-state index is 0. The summed E-state index contributed by atoms with van der Waals surface area (Å²) in [4.78, 5) is 12.0. The van der Waals surface area contributed by atoms with Crippen LogP contribution in [0.2, 0.25) is 0 Å². The summed E-state index contributed by atoms with van der Waals surface area (Å²) in [6.45, 7) is 7.58. The summed E-state index contributed by atoms with van der Waals surface area (Å²) >= 11 is 0. The number of hydrogen-bond acceptors (Lipinski definition) is 5. The molecule has 0 aromatic carbocycles. The third-order valence-electron chi connectivity index (χ3n) is 3.13. The molecule has 0 bridgehead atoms. The number of carbonyl (C=O) groups excluding carboxylic acids is 1. The van der Waals surface area contributed by atoms with Crippen molar-refractivity contribution in [3.63, 3.8) is 0 Å². The molecule has 0 radical (unpaired) electrons. The number of amides is 1. The van der Waals surface area contributed by atoms with E-state index in [1.54, 1.807) is 0 Å². The molecule has 0 aliphatic carbocycles. The first-order valence-electron chi connectivity index (χ1n) is 6.64. The quantitative estimate of drug-likeness (QED) is 0.706. The van der Waals surface area contributed by atoms with Crippen molar-refractivity contribution in [2.24, 2.45) is 16.8 Å². The van der Waals surface area contributed by atoms with E-state index in [1.807, 2.05) is 20.8 Å². The molecule has 7 nitrogen and oxygen atoms in total. The molecule has 1 atom stereocenters. The minimum Gasteiger partial charge on any atom is -0.455 e. The first kappa shape index (κ1) is 20.9. The number of carbonyl (C=O) groups is 1. The number of aryl methyl sites for hydroxylation is 1. The molecule has 5 N–H and O–H groups in total. The topological polar surface area (TPSA) is 128 Å². The van der Waals surface area contributed by atoms with Crippen LogP contribution in [0, 0.1) is 12.8 Å². The molecule has 22 heavy (non-hydrogen) atoms. The average molecular weight is 354 g/mol. The summed E-state index contributed by atoms with van der Waals surface area (Å²) < 4.78 is 27.9. The molecule has 0 aliphatic heterocycles. The molecular formula is C13H24ClN3O4S. The number of rotatable bonds is 6. The number of halogens is 1. The fourth-order valence-electron chi connectivity index (χ4n) is 2.28. The van der Waals surface area contributed by atoms with Crippen LogP contribution < -0.4 is 16.2 Å². The Morgan fingerprint density at radius 2 is 2.00 bits per heavy atom. The fourth-order valence-corrected chi connectivity index (χ4v) is 3.00. The first-order valence-corrected chi connectivity index (χ1v) is 8.19. The lowest BCUT2D eigenvalue weighted by Crippen LogP contribution is -2.52. The summed E-state index contributed by atoms with van der Waals surface area (Å²) in [5.74, 6) is -0.181. The van der Waals surface area contributed by atoms with Crippen molar-refractivity contribution in [2.75, 3.05) is 6.54 Å². The fraction of sp³-hybridized carbons (Fsp3) is 0.615. The Bertz CT molecular complexity index is 627. The maximum atomic E-state index is 12.2. The highest BCUT2D eigenvalue weighted by Gasteiger charge is 2.29. The van der Waals surface area contributed by atoms with Crippen molar-refractivity contribution >= 4 is 28.3 Å². The smallest absolute Gasteiger partial charge is 0.287 e. The lowest BCUT2D eigenvalue weighted by atomic mass is 9.90. The Morgan fingerprint density at radius 1 is 1.45 bits per heavy atom. The average Bonchev–Trinajstić information content (AvgIpc) is 2.70. The van der Waals surface area contributed by atoms with E-state index in [-0.39, 0.29) is 35.4 Å². The van der Waals surface area contributed by atoms with E-state index < -0.39 is 21.5 Å². The zero-order valence-corrected chi connectivity index (χ0v) is 14.8. The van der Waals surface area contributed by atoms with E-state index in [0.717, 1.165) is 6.07 Å².